The second-order valence-electron chi connectivity index (χ2n) is 6.47. The van der Waals surface area contributed by atoms with E-state index in [2.05, 4.69) is 10.4 Å². The van der Waals surface area contributed by atoms with Crippen molar-refractivity contribution in [3.63, 3.8) is 0 Å². The first kappa shape index (κ1) is 20.3. The van der Waals surface area contributed by atoms with Crippen LogP contribution in [0, 0.1) is 6.92 Å². The van der Waals surface area contributed by atoms with E-state index in [4.69, 9.17) is 14.2 Å². The minimum atomic E-state index is -0.222. The van der Waals surface area contributed by atoms with Crippen LogP contribution in [0.4, 0.5) is 0 Å². The van der Waals surface area contributed by atoms with Crippen molar-refractivity contribution in [2.75, 3.05) is 20.8 Å². The summed E-state index contributed by atoms with van der Waals surface area (Å²) in [5.41, 5.74) is 2.44. The molecule has 1 N–H and O–H groups in total. The maximum absolute atomic E-state index is 12.3. The van der Waals surface area contributed by atoms with Crippen LogP contribution in [0.2, 0.25) is 0 Å². The number of amides is 1. The van der Waals surface area contributed by atoms with Crippen molar-refractivity contribution in [1.82, 2.24) is 15.1 Å². The zero-order valence-electron chi connectivity index (χ0n) is 16.8. The Kier molecular flexibility index (Phi) is 6.73. The van der Waals surface area contributed by atoms with Gasteiger partial charge in [0.05, 0.1) is 14.2 Å². The zero-order chi connectivity index (χ0) is 20.6. The molecule has 0 radical (unpaired) electrons. The lowest BCUT2D eigenvalue weighted by Gasteiger charge is -2.10. The molecule has 0 fully saturated rings. The molecule has 1 aromatic heterocycles. The van der Waals surface area contributed by atoms with Gasteiger partial charge in [0.15, 0.2) is 18.2 Å². The fourth-order valence-electron chi connectivity index (χ4n) is 2.86. The van der Waals surface area contributed by atoms with Crippen LogP contribution in [0.15, 0.2) is 54.7 Å². The van der Waals surface area contributed by atoms with Gasteiger partial charge >= 0.3 is 0 Å². The van der Waals surface area contributed by atoms with Gasteiger partial charge in [-0.15, -0.1) is 0 Å². The Hall–Kier alpha value is -3.48. The summed E-state index contributed by atoms with van der Waals surface area (Å²) < 4.78 is 17.9. The largest absolute Gasteiger partial charge is 0.493 e. The Morgan fingerprint density at radius 1 is 1.03 bits per heavy atom. The second-order valence-corrected chi connectivity index (χ2v) is 6.47. The predicted octanol–water partition coefficient (Wildman–Crippen LogP) is 3.22. The summed E-state index contributed by atoms with van der Waals surface area (Å²) in [6.45, 7) is 2.71. The summed E-state index contributed by atoms with van der Waals surface area (Å²) in [4.78, 5) is 12.3. The van der Waals surface area contributed by atoms with E-state index in [9.17, 15) is 4.79 Å². The first-order valence-electron chi connectivity index (χ1n) is 9.31. The van der Waals surface area contributed by atoms with Crippen molar-refractivity contribution in [2.24, 2.45) is 0 Å². The standard InChI is InChI=1S/C22H25N3O4/c1-16-6-4-5-7-19(16)29-15-25-13-11-18(24-25)22(26)23-12-10-17-8-9-20(27-2)21(14-17)28-3/h4-9,11,13-14H,10,12,15H2,1-3H3,(H,23,26). The highest BCUT2D eigenvalue weighted by Crippen LogP contribution is 2.27. The van der Waals surface area contributed by atoms with Crippen LogP contribution >= 0.6 is 0 Å². The van der Waals surface area contributed by atoms with E-state index in [1.54, 1.807) is 31.2 Å². The molecule has 152 valence electrons. The third-order valence-electron chi connectivity index (χ3n) is 4.47. The summed E-state index contributed by atoms with van der Waals surface area (Å²) >= 11 is 0. The van der Waals surface area contributed by atoms with Crippen molar-refractivity contribution in [3.05, 3.63) is 71.5 Å². The normalized spacial score (nSPS) is 10.4. The van der Waals surface area contributed by atoms with Crippen LogP contribution in [0.1, 0.15) is 21.6 Å². The lowest BCUT2D eigenvalue weighted by atomic mass is 10.1. The molecule has 7 nitrogen and oxygen atoms in total. The quantitative estimate of drug-likeness (QED) is 0.602. The van der Waals surface area contributed by atoms with Gasteiger partial charge in [-0.1, -0.05) is 24.3 Å². The van der Waals surface area contributed by atoms with Crippen LogP contribution in [-0.2, 0) is 13.2 Å². The van der Waals surface area contributed by atoms with Gasteiger partial charge in [0.1, 0.15) is 11.4 Å². The number of hydrogen-bond donors (Lipinski definition) is 1. The number of ether oxygens (including phenoxy) is 3. The molecule has 2 aromatic carbocycles. The van der Waals surface area contributed by atoms with E-state index >= 15 is 0 Å². The molecular formula is C22H25N3O4. The van der Waals surface area contributed by atoms with E-state index in [-0.39, 0.29) is 12.6 Å². The van der Waals surface area contributed by atoms with Crippen molar-refractivity contribution >= 4 is 5.91 Å². The number of hydrogen-bond acceptors (Lipinski definition) is 5. The molecule has 0 saturated heterocycles. The van der Waals surface area contributed by atoms with Crippen LogP contribution in [0.5, 0.6) is 17.2 Å². The monoisotopic (exact) mass is 395 g/mol. The number of nitrogens with one attached hydrogen (secondary N) is 1. The average Bonchev–Trinajstić information content (AvgIpc) is 3.22. The first-order valence-corrected chi connectivity index (χ1v) is 9.31. The SMILES string of the molecule is COc1ccc(CCNC(=O)c2ccn(COc3ccccc3C)n2)cc1OC. The van der Waals surface area contributed by atoms with Gasteiger partial charge in [0, 0.05) is 12.7 Å². The lowest BCUT2D eigenvalue weighted by molar-refractivity contribution is 0.0947. The predicted molar refractivity (Wildman–Crippen MR) is 110 cm³/mol. The Bertz CT molecular complexity index is 968. The molecule has 0 unspecified atom stereocenters. The number of benzene rings is 2. The highest BCUT2D eigenvalue weighted by molar-refractivity contribution is 5.92. The number of carbonyl (C=O) groups excluding carboxylic acids is 1. The van der Waals surface area contributed by atoms with Crippen LogP contribution in [-0.4, -0.2) is 36.5 Å². The molecule has 7 heteroatoms. The minimum absolute atomic E-state index is 0.222. The Balaban J connectivity index is 1.49. The molecule has 0 aliphatic carbocycles. The van der Waals surface area contributed by atoms with Crippen LogP contribution in [0.3, 0.4) is 0 Å². The highest BCUT2D eigenvalue weighted by atomic mass is 16.5. The van der Waals surface area contributed by atoms with Crippen molar-refractivity contribution < 1.29 is 19.0 Å². The Morgan fingerprint density at radius 2 is 1.83 bits per heavy atom. The summed E-state index contributed by atoms with van der Waals surface area (Å²) in [5, 5.41) is 7.16. The van der Waals surface area contributed by atoms with E-state index < -0.39 is 0 Å². The molecule has 0 aliphatic heterocycles. The van der Waals surface area contributed by atoms with Gasteiger partial charge in [-0.25, -0.2) is 4.68 Å². The van der Waals surface area contributed by atoms with Crippen molar-refractivity contribution in [1.29, 1.82) is 0 Å². The van der Waals surface area contributed by atoms with Gasteiger partial charge in [-0.3, -0.25) is 4.79 Å². The summed E-state index contributed by atoms with van der Waals surface area (Å²) in [7, 11) is 3.20. The van der Waals surface area contributed by atoms with Gasteiger partial charge in [0.25, 0.3) is 5.91 Å². The van der Waals surface area contributed by atoms with E-state index in [1.165, 1.54) is 0 Å². The van der Waals surface area contributed by atoms with Crippen molar-refractivity contribution in [2.45, 2.75) is 20.1 Å². The molecule has 0 atom stereocenters. The molecule has 1 amide bonds. The average molecular weight is 395 g/mol. The molecular weight excluding hydrogens is 370 g/mol. The highest BCUT2D eigenvalue weighted by Gasteiger charge is 2.10. The number of nitrogens with zero attached hydrogens (tertiary/aromatic N) is 2. The molecule has 1 heterocycles. The minimum Gasteiger partial charge on any atom is -0.493 e. The number of para-hydroxylation sites is 1. The van der Waals surface area contributed by atoms with E-state index in [0.29, 0.717) is 30.2 Å². The molecule has 0 bridgehead atoms. The maximum atomic E-state index is 12.3. The van der Waals surface area contributed by atoms with Crippen LogP contribution in [0.25, 0.3) is 0 Å². The lowest BCUT2D eigenvalue weighted by Crippen LogP contribution is -2.26. The second kappa shape index (κ2) is 9.64. The van der Waals surface area contributed by atoms with E-state index in [1.807, 2.05) is 49.4 Å². The molecule has 0 spiro atoms. The number of rotatable bonds is 9. The topological polar surface area (TPSA) is 74.6 Å². The fraction of sp³-hybridized carbons (Fsp3) is 0.273. The van der Waals surface area contributed by atoms with Crippen molar-refractivity contribution in [3.8, 4) is 17.2 Å². The maximum Gasteiger partial charge on any atom is 0.271 e. The fourth-order valence-corrected chi connectivity index (χ4v) is 2.86. The van der Waals surface area contributed by atoms with E-state index in [0.717, 1.165) is 16.9 Å². The number of methoxy groups -OCH3 is 2. The van der Waals surface area contributed by atoms with Crippen LogP contribution < -0.4 is 19.5 Å². The van der Waals surface area contributed by atoms with Gasteiger partial charge in [0.2, 0.25) is 0 Å². The zero-order valence-corrected chi connectivity index (χ0v) is 16.8. The third-order valence-corrected chi connectivity index (χ3v) is 4.47. The van der Waals surface area contributed by atoms with Gasteiger partial charge < -0.3 is 19.5 Å². The smallest absolute Gasteiger partial charge is 0.271 e. The Labute approximate surface area is 170 Å². The molecule has 3 aromatic rings. The van der Waals surface area contributed by atoms with Gasteiger partial charge in [-0.05, 0) is 48.7 Å². The molecule has 29 heavy (non-hydrogen) atoms. The number of aryl methyl sites for hydroxylation is 1. The molecule has 0 aliphatic rings. The van der Waals surface area contributed by atoms with Gasteiger partial charge in [-0.2, -0.15) is 5.10 Å². The number of aromatic nitrogens is 2. The summed E-state index contributed by atoms with van der Waals surface area (Å²) in [6.07, 6.45) is 2.39. The summed E-state index contributed by atoms with van der Waals surface area (Å²) in [6, 6.07) is 15.1. The first-order chi connectivity index (χ1) is 14.1. The number of carbonyl (C=O) groups is 1. The Morgan fingerprint density at radius 3 is 2.59 bits per heavy atom. The molecule has 0 saturated carbocycles. The molecule has 3 rings (SSSR count). The summed E-state index contributed by atoms with van der Waals surface area (Å²) in [5.74, 6) is 1.92. The third kappa shape index (κ3) is 5.28.